The molecule has 0 fully saturated rings. The van der Waals surface area contributed by atoms with Gasteiger partial charge in [-0.2, -0.15) is 0 Å². The summed E-state index contributed by atoms with van der Waals surface area (Å²) in [5.74, 6) is -0.536. The lowest BCUT2D eigenvalue weighted by molar-refractivity contribution is -0.122. The van der Waals surface area contributed by atoms with E-state index >= 15 is 0 Å². The van der Waals surface area contributed by atoms with Crippen molar-refractivity contribution in [1.29, 1.82) is 0 Å². The first-order valence-electron chi connectivity index (χ1n) is 6.81. The maximum Gasteiger partial charge on any atom is 0.265 e. The molecule has 0 bridgehead atoms. The summed E-state index contributed by atoms with van der Waals surface area (Å²) in [4.78, 5) is 28.8. The molecule has 1 aliphatic rings. The van der Waals surface area contributed by atoms with E-state index in [4.69, 9.17) is 0 Å². The summed E-state index contributed by atoms with van der Waals surface area (Å²) in [6, 6.07) is 9.39. The van der Waals surface area contributed by atoms with E-state index in [1.165, 1.54) is 11.8 Å². The third kappa shape index (κ3) is 2.09. The number of carbonyl (C=O) groups is 2. The van der Waals surface area contributed by atoms with Crippen molar-refractivity contribution in [1.82, 2.24) is 4.98 Å². The number of nitrogens with one attached hydrogen (secondary N) is 1. The van der Waals surface area contributed by atoms with Gasteiger partial charge in [-0.05, 0) is 37.6 Å². The van der Waals surface area contributed by atoms with Crippen LogP contribution in [0.1, 0.15) is 29.4 Å². The van der Waals surface area contributed by atoms with Gasteiger partial charge in [-0.15, -0.1) is 0 Å². The summed E-state index contributed by atoms with van der Waals surface area (Å²) in [5.41, 5.74) is 5.02. The molecule has 2 aromatic rings. The molecule has 21 heavy (non-hydrogen) atoms. The maximum absolute atomic E-state index is 12.5. The minimum absolute atomic E-state index is 0.268. The third-order valence-electron chi connectivity index (χ3n) is 3.66. The van der Waals surface area contributed by atoms with Crippen LogP contribution >= 0.6 is 0 Å². The number of amides is 2. The molecule has 0 radical (unpaired) electrons. The van der Waals surface area contributed by atoms with Crippen molar-refractivity contribution in [2.24, 2.45) is 0 Å². The molecule has 2 amide bonds. The number of fused-ring (bicyclic) bond motifs is 1. The summed E-state index contributed by atoms with van der Waals surface area (Å²) in [6.07, 6.45) is 1.83. The van der Waals surface area contributed by atoms with Gasteiger partial charge < -0.3 is 4.98 Å². The molecule has 3 rings (SSSR count). The molecule has 0 saturated carbocycles. The molecular formula is C17H16N2O2. The molecule has 1 aliphatic heterocycles. The van der Waals surface area contributed by atoms with Gasteiger partial charge in [0, 0.05) is 23.9 Å². The predicted molar refractivity (Wildman–Crippen MR) is 82.7 cm³/mol. The van der Waals surface area contributed by atoms with Crippen LogP contribution in [0.25, 0.3) is 11.6 Å². The van der Waals surface area contributed by atoms with Crippen molar-refractivity contribution in [2.75, 3.05) is 4.90 Å². The third-order valence-corrected chi connectivity index (χ3v) is 3.66. The van der Waals surface area contributed by atoms with Crippen molar-refractivity contribution in [2.45, 2.75) is 20.8 Å². The van der Waals surface area contributed by atoms with Crippen LogP contribution < -0.4 is 4.90 Å². The van der Waals surface area contributed by atoms with Gasteiger partial charge in [0.1, 0.15) is 0 Å². The lowest BCUT2D eigenvalue weighted by Crippen LogP contribution is -2.31. The number of nitrogens with zero attached hydrogens (tertiary/aromatic N) is 1. The van der Waals surface area contributed by atoms with Crippen LogP contribution in [0.2, 0.25) is 0 Å². The second-order valence-corrected chi connectivity index (χ2v) is 5.28. The van der Waals surface area contributed by atoms with Crippen LogP contribution in [0.15, 0.2) is 30.3 Å². The van der Waals surface area contributed by atoms with E-state index in [1.807, 2.05) is 44.2 Å². The van der Waals surface area contributed by atoms with E-state index in [0.29, 0.717) is 11.3 Å². The van der Waals surface area contributed by atoms with E-state index in [-0.39, 0.29) is 11.8 Å². The van der Waals surface area contributed by atoms with Crippen LogP contribution in [-0.2, 0) is 9.59 Å². The molecule has 1 aromatic heterocycles. The van der Waals surface area contributed by atoms with Crippen LogP contribution in [0.5, 0.6) is 0 Å². The van der Waals surface area contributed by atoms with E-state index in [0.717, 1.165) is 22.5 Å². The number of aryl methyl sites for hydroxylation is 2. The number of H-pyrrole nitrogens is 1. The van der Waals surface area contributed by atoms with E-state index in [2.05, 4.69) is 4.98 Å². The summed E-state index contributed by atoms with van der Waals surface area (Å²) in [5, 5.41) is 0. The number of aromatic nitrogens is 1. The predicted octanol–water partition coefficient (Wildman–Crippen LogP) is 3.07. The Bertz CT molecular complexity index is 784. The molecule has 1 aromatic carbocycles. The van der Waals surface area contributed by atoms with Crippen LogP contribution in [0.3, 0.4) is 0 Å². The minimum Gasteiger partial charge on any atom is -0.359 e. The number of hydrogen-bond acceptors (Lipinski definition) is 2. The zero-order valence-electron chi connectivity index (χ0n) is 12.2. The lowest BCUT2D eigenvalue weighted by Gasteiger charge is -2.11. The van der Waals surface area contributed by atoms with Gasteiger partial charge in [0.25, 0.3) is 5.91 Å². The molecule has 4 nitrogen and oxygen atoms in total. The van der Waals surface area contributed by atoms with Gasteiger partial charge in [0.05, 0.1) is 11.3 Å². The number of hydrogen-bond donors (Lipinski definition) is 1. The Morgan fingerprint density at radius 3 is 2.57 bits per heavy atom. The van der Waals surface area contributed by atoms with Gasteiger partial charge in [-0.1, -0.05) is 18.2 Å². The Morgan fingerprint density at radius 1 is 1.24 bits per heavy atom. The second kappa shape index (κ2) is 4.74. The topological polar surface area (TPSA) is 53.2 Å². The molecule has 0 spiro atoms. The van der Waals surface area contributed by atoms with E-state index in [9.17, 15) is 9.59 Å². The number of aromatic amines is 1. The van der Waals surface area contributed by atoms with Crippen LogP contribution in [0.4, 0.5) is 5.69 Å². The maximum atomic E-state index is 12.5. The summed E-state index contributed by atoms with van der Waals surface area (Å²) in [6.45, 7) is 5.37. The Kier molecular flexibility index (Phi) is 3.01. The molecular weight excluding hydrogens is 264 g/mol. The van der Waals surface area contributed by atoms with Crippen molar-refractivity contribution < 1.29 is 9.59 Å². The smallest absolute Gasteiger partial charge is 0.265 e. The molecule has 0 unspecified atom stereocenters. The molecule has 0 aliphatic carbocycles. The van der Waals surface area contributed by atoms with Crippen LogP contribution in [0, 0.1) is 13.8 Å². The fourth-order valence-corrected chi connectivity index (χ4v) is 2.74. The van der Waals surface area contributed by atoms with Crippen molar-refractivity contribution in [3.63, 3.8) is 0 Å². The van der Waals surface area contributed by atoms with Crippen molar-refractivity contribution in [3.05, 3.63) is 52.8 Å². The SMILES string of the molecule is CC(=O)N1C(=O)/C(=C\c2[nH]c(C)cc2C)c2ccccc21. The average molecular weight is 280 g/mol. The Morgan fingerprint density at radius 2 is 1.95 bits per heavy atom. The normalized spacial score (nSPS) is 15.7. The second-order valence-electron chi connectivity index (χ2n) is 5.28. The zero-order valence-corrected chi connectivity index (χ0v) is 12.2. The average Bonchev–Trinajstić information content (AvgIpc) is 2.88. The molecule has 4 heteroatoms. The van der Waals surface area contributed by atoms with E-state index in [1.54, 1.807) is 6.07 Å². The van der Waals surface area contributed by atoms with Crippen molar-refractivity contribution >= 4 is 29.2 Å². The van der Waals surface area contributed by atoms with E-state index < -0.39 is 0 Å². The highest BCUT2D eigenvalue weighted by molar-refractivity contribution is 6.41. The minimum atomic E-state index is -0.268. The Balaban J connectivity index is 2.18. The molecule has 1 N–H and O–H groups in total. The number of carbonyl (C=O) groups excluding carboxylic acids is 2. The highest BCUT2D eigenvalue weighted by atomic mass is 16.2. The molecule has 0 atom stereocenters. The van der Waals surface area contributed by atoms with Gasteiger partial charge >= 0.3 is 0 Å². The summed E-state index contributed by atoms with van der Waals surface area (Å²) < 4.78 is 0. The van der Waals surface area contributed by atoms with Crippen LogP contribution in [-0.4, -0.2) is 16.8 Å². The molecule has 106 valence electrons. The lowest BCUT2D eigenvalue weighted by atomic mass is 10.1. The Hall–Kier alpha value is -2.62. The summed E-state index contributed by atoms with van der Waals surface area (Å²) in [7, 11) is 0. The Labute approximate surface area is 123 Å². The number of rotatable bonds is 1. The standard InChI is InChI=1S/C17H16N2O2/c1-10-8-11(2)18-15(10)9-14-13-6-4-5-7-16(13)19(12(3)20)17(14)21/h4-9,18H,1-3H3/b14-9-. The van der Waals surface area contributed by atoms with Gasteiger partial charge in [0.2, 0.25) is 5.91 Å². The van der Waals surface area contributed by atoms with Gasteiger partial charge in [-0.3, -0.25) is 9.59 Å². The highest BCUT2D eigenvalue weighted by Crippen LogP contribution is 2.37. The summed E-state index contributed by atoms with van der Waals surface area (Å²) >= 11 is 0. The fourth-order valence-electron chi connectivity index (χ4n) is 2.74. The first kappa shape index (κ1) is 13.4. The quantitative estimate of drug-likeness (QED) is 0.816. The van der Waals surface area contributed by atoms with Crippen molar-refractivity contribution in [3.8, 4) is 0 Å². The number of imide groups is 1. The van der Waals surface area contributed by atoms with Gasteiger partial charge in [-0.25, -0.2) is 4.90 Å². The number of anilines is 1. The largest absolute Gasteiger partial charge is 0.359 e. The first-order chi connectivity index (χ1) is 9.99. The first-order valence-corrected chi connectivity index (χ1v) is 6.81. The number of para-hydroxylation sites is 1. The highest BCUT2D eigenvalue weighted by Gasteiger charge is 2.34. The zero-order chi connectivity index (χ0) is 15.1. The molecule has 2 heterocycles. The number of benzene rings is 1. The van der Waals surface area contributed by atoms with Gasteiger partial charge in [0.15, 0.2) is 0 Å². The molecule has 0 saturated heterocycles. The fraction of sp³-hybridized carbons (Fsp3) is 0.176. The monoisotopic (exact) mass is 280 g/mol.